The lowest BCUT2D eigenvalue weighted by atomic mass is 9.91. The molecule has 13 aromatic rings. The number of aryl methyl sites for hydroxylation is 1. The third-order valence-electron chi connectivity index (χ3n) is 12.8. The number of nitrogens with zero attached hydrogens (tertiary/aromatic N) is 5. The van der Waals surface area contributed by atoms with Crippen LogP contribution in [0.4, 0.5) is 0 Å². The summed E-state index contributed by atoms with van der Waals surface area (Å²) in [5, 5.41) is 12.3. The third kappa shape index (κ3) is 5.46. The molecule has 5 heteroatoms. The predicted octanol–water partition coefficient (Wildman–Crippen LogP) is 14.8. The number of aromatic nitrogens is 5. The summed E-state index contributed by atoms with van der Waals surface area (Å²) in [6.45, 7) is 2.17. The van der Waals surface area contributed by atoms with Crippen molar-refractivity contribution in [3.05, 3.63) is 212 Å². The number of hydrogen-bond acceptors (Lipinski definition) is 3. The van der Waals surface area contributed by atoms with Crippen LogP contribution in [0.15, 0.2) is 206 Å². The summed E-state index contributed by atoms with van der Waals surface area (Å²) >= 11 is 0. The molecular formula is C58H37N5. The fourth-order valence-electron chi connectivity index (χ4n) is 9.95. The van der Waals surface area contributed by atoms with Gasteiger partial charge in [-0.1, -0.05) is 181 Å². The van der Waals surface area contributed by atoms with Crippen LogP contribution in [0.1, 0.15) is 5.56 Å². The fourth-order valence-corrected chi connectivity index (χ4v) is 9.95. The van der Waals surface area contributed by atoms with Crippen molar-refractivity contribution >= 4 is 75.9 Å². The van der Waals surface area contributed by atoms with Gasteiger partial charge in [0.2, 0.25) is 5.95 Å². The second-order valence-corrected chi connectivity index (χ2v) is 16.5. The zero-order valence-corrected chi connectivity index (χ0v) is 34.4. The number of benzene rings is 10. The summed E-state index contributed by atoms with van der Waals surface area (Å²) in [7, 11) is 0. The van der Waals surface area contributed by atoms with Crippen LogP contribution in [-0.2, 0) is 0 Å². The van der Waals surface area contributed by atoms with Gasteiger partial charge in [0.1, 0.15) is 0 Å². The quantitative estimate of drug-likeness (QED) is 0.163. The molecule has 0 saturated heterocycles. The van der Waals surface area contributed by atoms with Crippen molar-refractivity contribution in [2.24, 2.45) is 0 Å². The Morgan fingerprint density at radius 2 is 0.762 bits per heavy atom. The molecule has 63 heavy (non-hydrogen) atoms. The van der Waals surface area contributed by atoms with Crippen LogP contribution in [0.5, 0.6) is 0 Å². The van der Waals surface area contributed by atoms with E-state index in [1.54, 1.807) is 0 Å². The number of para-hydroxylation sites is 2. The third-order valence-corrected chi connectivity index (χ3v) is 12.8. The van der Waals surface area contributed by atoms with E-state index in [9.17, 15) is 0 Å². The first-order chi connectivity index (χ1) is 31.2. The van der Waals surface area contributed by atoms with E-state index in [0.717, 1.165) is 60.6 Å². The molecule has 0 unspecified atom stereocenters. The Labute approximate surface area is 362 Å². The maximum absolute atomic E-state index is 5.29. The summed E-state index contributed by atoms with van der Waals surface area (Å²) < 4.78 is 4.70. The van der Waals surface area contributed by atoms with Gasteiger partial charge in [0.15, 0.2) is 11.6 Å². The van der Waals surface area contributed by atoms with Crippen molar-refractivity contribution in [3.8, 4) is 45.5 Å². The molecule has 3 aromatic heterocycles. The molecule has 0 N–H and O–H groups in total. The number of rotatable bonds is 5. The minimum Gasteiger partial charge on any atom is -0.307 e. The zero-order chi connectivity index (χ0) is 41.6. The molecule has 0 radical (unpaired) electrons. The van der Waals surface area contributed by atoms with Gasteiger partial charge in [-0.25, -0.2) is 4.98 Å². The van der Waals surface area contributed by atoms with Crippen LogP contribution in [-0.4, -0.2) is 24.1 Å². The summed E-state index contributed by atoms with van der Waals surface area (Å²) in [6.07, 6.45) is 0. The Hall–Kier alpha value is -8.41. The van der Waals surface area contributed by atoms with Gasteiger partial charge < -0.3 is 4.57 Å². The molecule has 0 aliphatic rings. The van der Waals surface area contributed by atoms with E-state index >= 15 is 0 Å². The van der Waals surface area contributed by atoms with Crippen LogP contribution >= 0.6 is 0 Å². The second-order valence-electron chi connectivity index (χ2n) is 16.5. The van der Waals surface area contributed by atoms with Crippen LogP contribution in [0.2, 0.25) is 0 Å². The molecular weight excluding hydrogens is 767 g/mol. The molecule has 13 rings (SSSR count). The first-order valence-corrected chi connectivity index (χ1v) is 21.4. The van der Waals surface area contributed by atoms with Gasteiger partial charge in [-0.15, -0.1) is 0 Å². The molecule has 10 aromatic carbocycles. The molecule has 0 saturated carbocycles. The lowest BCUT2D eigenvalue weighted by Crippen LogP contribution is -2.07. The van der Waals surface area contributed by atoms with E-state index in [0.29, 0.717) is 17.6 Å². The molecule has 0 atom stereocenters. The Kier molecular flexibility index (Phi) is 7.75. The van der Waals surface area contributed by atoms with Crippen molar-refractivity contribution in [1.29, 1.82) is 0 Å². The lowest BCUT2D eigenvalue weighted by Gasteiger charge is -2.15. The molecule has 0 spiro atoms. The van der Waals surface area contributed by atoms with Crippen LogP contribution < -0.4 is 0 Å². The number of fused-ring (bicyclic) bond motifs is 13. The van der Waals surface area contributed by atoms with Gasteiger partial charge in [-0.2, -0.15) is 9.97 Å². The van der Waals surface area contributed by atoms with Crippen molar-refractivity contribution in [2.75, 3.05) is 0 Å². The highest BCUT2D eigenvalue weighted by Gasteiger charge is 2.24. The Bertz CT molecular complexity index is 3900. The maximum Gasteiger partial charge on any atom is 0.238 e. The summed E-state index contributed by atoms with van der Waals surface area (Å²) in [5.41, 5.74) is 10.8. The molecule has 0 amide bonds. The maximum atomic E-state index is 5.29. The van der Waals surface area contributed by atoms with Gasteiger partial charge in [0, 0.05) is 38.4 Å². The van der Waals surface area contributed by atoms with Gasteiger partial charge in [0.25, 0.3) is 0 Å². The monoisotopic (exact) mass is 803 g/mol. The van der Waals surface area contributed by atoms with Crippen LogP contribution in [0.25, 0.3) is 121 Å². The molecule has 0 bridgehead atoms. The topological polar surface area (TPSA) is 48.5 Å². The van der Waals surface area contributed by atoms with Crippen molar-refractivity contribution in [2.45, 2.75) is 6.92 Å². The largest absolute Gasteiger partial charge is 0.307 e. The average Bonchev–Trinajstić information content (AvgIpc) is 3.88. The molecule has 0 aliphatic heterocycles. The van der Waals surface area contributed by atoms with E-state index in [4.69, 9.17) is 15.0 Å². The predicted molar refractivity (Wildman–Crippen MR) is 262 cm³/mol. The molecule has 3 heterocycles. The Morgan fingerprint density at radius 3 is 1.40 bits per heavy atom. The van der Waals surface area contributed by atoms with Crippen molar-refractivity contribution in [1.82, 2.24) is 24.1 Å². The van der Waals surface area contributed by atoms with Crippen LogP contribution in [0, 0.1) is 6.92 Å². The first kappa shape index (κ1) is 35.4. The Balaban J connectivity index is 1.09. The molecule has 0 aliphatic carbocycles. The van der Waals surface area contributed by atoms with Gasteiger partial charge >= 0.3 is 0 Å². The molecule has 294 valence electrons. The fraction of sp³-hybridized carbons (Fsp3) is 0.0172. The first-order valence-electron chi connectivity index (χ1n) is 21.4. The standard InChI is InChI=1S/C58H37N5/c1-36-27-29-44-45-30-28-40(35-51(45)43-22-9-8-21-42(43)50(44)33-36)39-19-14-20-41(34-39)62-52-25-12-10-23-46(52)48-31-32-49-47-24-11-13-26-53(47)63(55(49)54(48)62)58-60-56(37-15-4-2-5-16-37)59-57(61-58)38-17-6-3-7-18-38/h2-35H,1H3. The van der Waals surface area contributed by atoms with E-state index in [1.165, 1.54) is 48.8 Å². The van der Waals surface area contributed by atoms with Gasteiger partial charge in [0.05, 0.1) is 22.1 Å². The second kappa shape index (κ2) is 13.8. The minimum atomic E-state index is 0.568. The molecule has 0 fully saturated rings. The average molecular weight is 804 g/mol. The zero-order valence-electron chi connectivity index (χ0n) is 34.4. The van der Waals surface area contributed by atoms with Crippen molar-refractivity contribution < 1.29 is 0 Å². The van der Waals surface area contributed by atoms with Gasteiger partial charge in [-0.05, 0) is 80.7 Å². The van der Waals surface area contributed by atoms with Crippen molar-refractivity contribution in [3.63, 3.8) is 0 Å². The highest BCUT2D eigenvalue weighted by molar-refractivity contribution is 6.26. The van der Waals surface area contributed by atoms with Gasteiger partial charge in [-0.3, -0.25) is 4.57 Å². The lowest BCUT2D eigenvalue weighted by molar-refractivity contribution is 0.953. The smallest absolute Gasteiger partial charge is 0.238 e. The van der Waals surface area contributed by atoms with E-state index in [-0.39, 0.29) is 0 Å². The van der Waals surface area contributed by atoms with E-state index in [2.05, 4.69) is 186 Å². The normalized spacial score (nSPS) is 11.9. The van der Waals surface area contributed by atoms with E-state index < -0.39 is 0 Å². The highest BCUT2D eigenvalue weighted by Crippen LogP contribution is 2.43. The van der Waals surface area contributed by atoms with Crippen LogP contribution in [0.3, 0.4) is 0 Å². The SMILES string of the molecule is Cc1ccc2c3ccc(-c4cccc(-n5c6ccccc6c6ccc7c8ccccc8n(-c8nc(-c9ccccc9)nc(-c9ccccc9)n8)c7c65)c4)cc3c3ccccc3c2c1. The number of hydrogen-bond donors (Lipinski definition) is 0. The highest BCUT2D eigenvalue weighted by atomic mass is 15.2. The minimum absolute atomic E-state index is 0.568. The summed E-state index contributed by atoms with van der Waals surface area (Å²) in [4.78, 5) is 15.6. The van der Waals surface area contributed by atoms with E-state index in [1.807, 2.05) is 36.4 Å². The Morgan fingerprint density at radius 1 is 0.302 bits per heavy atom. The molecule has 5 nitrogen and oxygen atoms in total. The summed E-state index contributed by atoms with van der Waals surface area (Å²) in [5.74, 6) is 1.81. The summed E-state index contributed by atoms with van der Waals surface area (Å²) in [6, 6.07) is 73.9.